The van der Waals surface area contributed by atoms with Gasteiger partial charge in [-0.15, -0.1) is 0 Å². The molecule has 0 aliphatic rings. The monoisotopic (exact) mass is 313 g/mol. The Bertz CT molecular complexity index is 711. The van der Waals surface area contributed by atoms with Gasteiger partial charge in [0.05, 0.1) is 10.9 Å². The highest BCUT2D eigenvalue weighted by atomic mass is 16.6. The van der Waals surface area contributed by atoms with Crippen LogP contribution >= 0.6 is 0 Å². The van der Waals surface area contributed by atoms with E-state index >= 15 is 0 Å². The third-order valence-corrected chi connectivity index (χ3v) is 3.23. The molecule has 0 spiro atoms. The summed E-state index contributed by atoms with van der Waals surface area (Å²) in [5.74, 6) is -2.45. The number of carbonyl (C=O) groups excluding carboxylic acids is 2. The van der Waals surface area contributed by atoms with Gasteiger partial charge in [-0.05, 0) is 12.0 Å². The molecule has 118 valence electrons. The molecule has 2 aromatic rings. The van der Waals surface area contributed by atoms with Gasteiger partial charge in [0.1, 0.15) is 5.56 Å². The molecule has 2 aromatic carbocycles. The summed E-state index contributed by atoms with van der Waals surface area (Å²) in [6.45, 7) is 0.224. The summed E-state index contributed by atoms with van der Waals surface area (Å²) in [5.41, 5.74) is -0.582. The van der Waals surface area contributed by atoms with Gasteiger partial charge in [0.2, 0.25) is 0 Å². The fourth-order valence-electron chi connectivity index (χ4n) is 2.15. The number of hydrogen-bond donors (Lipinski definition) is 1. The first-order chi connectivity index (χ1) is 11.0. The normalized spacial score (nSPS) is 10.1. The molecule has 0 aromatic heterocycles. The van der Waals surface area contributed by atoms with Gasteiger partial charge in [-0.25, -0.2) is 0 Å². The van der Waals surface area contributed by atoms with Crippen LogP contribution in [0.15, 0.2) is 48.5 Å². The first-order valence-electron chi connectivity index (χ1n) is 6.81. The van der Waals surface area contributed by atoms with Crippen LogP contribution in [0.4, 0.5) is 5.69 Å². The van der Waals surface area contributed by atoms with Crippen LogP contribution in [-0.4, -0.2) is 23.3 Å². The molecule has 7 nitrogen and oxygen atoms in total. The molecule has 0 bridgehead atoms. The molecule has 7 heteroatoms. The number of carbonyl (C=O) groups is 2. The number of nitrogens with one attached hydrogen (secondary N) is 1. The van der Waals surface area contributed by atoms with Gasteiger partial charge in [0.25, 0.3) is 11.6 Å². The van der Waals surface area contributed by atoms with Gasteiger partial charge in [-0.1, -0.05) is 42.5 Å². The van der Waals surface area contributed by atoms with Gasteiger partial charge in [-0.3, -0.25) is 14.9 Å². The van der Waals surface area contributed by atoms with E-state index in [2.05, 4.69) is 5.32 Å². The number of hydrogen-bond acceptors (Lipinski definition) is 5. The van der Waals surface area contributed by atoms with Crippen LogP contribution in [0.2, 0.25) is 0 Å². The molecule has 2 rings (SSSR count). The number of benzene rings is 2. The molecule has 23 heavy (non-hydrogen) atoms. The second-order valence-electron chi connectivity index (χ2n) is 4.74. The van der Waals surface area contributed by atoms with Crippen LogP contribution in [0, 0.1) is 10.1 Å². The zero-order valence-electron chi connectivity index (χ0n) is 12.0. The lowest BCUT2D eigenvalue weighted by Gasteiger charge is -2.11. The van der Waals surface area contributed by atoms with Crippen molar-refractivity contribution in [1.82, 2.24) is 5.32 Å². The summed E-state index contributed by atoms with van der Waals surface area (Å²) in [5, 5.41) is 24.6. The molecule has 0 radical (unpaired) electrons. The van der Waals surface area contributed by atoms with E-state index in [1.807, 2.05) is 30.3 Å². The fourth-order valence-corrected chi connectivity index (χ4v) is 2.15. The van der Waals surface area contributed by atoms with Crippen LogP contribution < -0.4 is 10.4 Å². The Balaban J connectivity index is 2.18. The van der Waals surface area contributed by atoms with Crippen molar-refractivity contribution in [3.63, 3.8) is 0 Å². The Kier molecular flexibility index (Phi) is 5.03. The first kappa shape index (κ1) is 16.2. The average Bonchev–Trinajstić information content (AvgIpc) is 2.54. The van der Waals surface area contributed by atoms with Crippen molar-refractivity contribution in [3.8, 4) is 0 Å². The Morgan fingerprint density at radius 3 is 2.35 bits per heavy atom. The van der Waals surface area contributed by atoms with E-state index in [9.17, 15) is 24.8 Å². The third kappa shape index (κ3) is 3.91. The van der Waals surface area contributed by atoms with Gasteiger partial charge >= 0.3 is 0 Å². The smallest absolute Gasteiger partial charge is 0.282 e. The topological polar surface area (TPSA) is 112 Å². The number of nitrogens with zero attached hydrogens (tertiary/aromatic N) is 1. The molecule has 0 fully saturated rings. The molecule has 0 saturated heterocycles. The molecular weight excluding hydrogens is 300 g/mol. The van der Waals surface area contributed by atoms with Gasteiger partial charge in [-0.2, -0.15) is 0 Å². The highest BCUT2D eigenvalue weighted by Crippen LogP contribution is 2.22. The minimum atomic E-state index is -1.64. The number of nitro benzene ring substituents is 1. The summed E-state index contributed by atoms with van der Waals surface area (Å²) in [4.78, 5) is 33.5. The Hall–Kier alpha value is -3.22. The van der Waals surface area contributed by atoms with E-state index in [-0.39, 0.29) is 6.54 Å². The summed E-state index contributed by atoms with van der Waals surface area (Å²) in [6.07, 6.45) is 0.522. The van der Waals surface area contributed by atoms with Crippen molar-refractivity contribution in [1.29, 1.82) is 0 Å². The lowest BCUT2D eigenvalue weighted by Crippen LogP contribution is -2.31. The predicted molar refractivity (Wildman–Crippen MR) is 79.9 cm³/mol. The van der Waals surface area contributed by atoms with Crippen LogP contribution in [0.3, 0.4) is 0 Å². The maximum Gasteiger partial charge on any atom is 0.282 e. The lowest BCUT2D eigenvalue weighted by molar-refractivity contribution is -0.385. The zero-order chi connectivity index (χ0) is 16.8. The van der Waals surface area contributed by atoms with E-state index in [1.54, 1.807) is 0 Å². The van der Waals surface area contributed by atoms with Crippen molar-refractivity contribution in [2.45, 2.75) is 6.42 Å². The van der Waals surface area contributed by atoms with E-state index in [1.165, 1.54) is 6.07 Å². The van der Waals surface area contributed by atoms with Crippen LogP contribution in [-0.2, 0) is 6.42 Å². The third-order valence-electron chi connectivity index (χ3n) is 3.23. The second kappa shape index (κ2) is 7.17. The largest absolute Gasteiger partial charge is 0.545 e. The molecule has 0 unspecified atom stereocenters. The fraction of sp³-hybridized carbons (Fsp3) is 0.125. The standard InChI is InChI=1S/C16H14N2O5/c19-15(17-10-9-11-5-2-1-3-6-11)14-12(16(20)21)7-4-8-13(14)18(22)23/h1-8H,9-10H2,(H,17,19)(H,20,21)/p-1. The maximum atomic E-state index is 12.2. The minimum absolute atomic E-state index is 0.224. The SMILES string of the molecule is O=C([O-])c1cccc([N+](=O)[O-])c1C(=O)NCCc1ccccc1. The number of amides is 1. The number of aromatic carboxylic acids is 1. The van der Waals surface area contributed by atoms with Crippen molar-refractivity contribution in [3.05, 3.63) is 75.3 Å². The van der Waals surface area contributed by atoms with Crippen molar-refractivity contribution in [2.24, 2.45) is 0 Å². The summed E-state index contributed by atoms with van der Waals surface area (Å²) < 4.78 is 0. The maximum absolute atomic E-state index is 12.2. The van der Waals surface area contributed by atoms with Crippen molar-refractivity contribution < 1.29 is 19.6 Å². The Labute approximate surface area is 131 Å². The van der Waals surface area contributed by atoms with Crippen LogP contribution in [0.25, 0.3) is 0 Å². The second-order valence-corrected chi connectivity index (χ2v) is 4.74. The minimum Gasteiger partial charge on any atom is -0.545 e. The summed E-state index contributed by atoms with van der Waals surface area (Å²) >= 11 is 0. The number of nitro groups is 1. The molecule has 1 N–H and O–H groups in total. The van der Waals surface area contributed by atoms with E-state index in [4.69, 9.17) is 0 Å². The number of carboxylic acids is 1. The van der Waals surface area contributed by atoms with Crippen molar-refractivity contribution in [2.75, 3.05) is 6.54 Å². The molecule has 0 saturated carbocycles. The van der Waals surface area contributed by atoms with Crippen LogP contribution in [0.5, 0.6) is 0 Å². The quantitative estimate of drug-likeness (QED) is 0.629. The Morgan fingerprint density at radius 1 is 1.04 bits per heavy atom. The highest BCUT2D eigenvalue weighted by Gasteiger charge is 2.24. The molecule has 1 amide bonds. The summed E-state index contributed by atoms with van der Waals surface area (Å²) in [6, 6.07) is 12.7. The zero-order valence-corrected chi connectivity index (χ0v) is 12.0. The number of carboxylic acid groups (broad SMARTS) is 1. The molecule has 0 aliphatic carbocycles. The average molecular weight is 313 g/mol. The first-order valence-corrected chi connectivity index (χ1v) is 6.81. The molecule has 0 heterocycles. The predicted octanol–water partition coefficient (Wildman–Crippen LogP) is 0.931. The molecular formula is C16H13N2O5-. The van der Waals surface area contributed by atoms with Gasteiger partial charge in [0.15, 0.2) is 0 Å². The van der Waals surface area contributed by atoms with Gasteiger partial charge < -0.3 is 15.2 Å². The van der Waals surface area contributed by atoms with E-state index in [0.29, 0.717) is 6.42 Å². The molecule has 0 aliphatic heterocycles. The lowest BCUT2D eigenvalue weighted by atomic mass is 10.0. The Morgan fingerprint density at radius 2 is 1.74 bits per heavy atom. The highest BCUT2D eigenvalue weighted by molar-refractivity contribution is 6.07. The van der Waals surface area contributed by atoms with E-state index < -0.39 is 33.6 Å². The number of rotatable bonds is 6. The summed E-state index contributed by atoms with van der Waals surface area (Å²) in [7, 11) is 0. The van der Waals surface area contributed by atoms with E-state index in [0.717, 1.165) is 17.7 Å². The van der Waals surface area contributed by atoms with Gasteiger partial charge in [0, 0.05) is 18.2 Å². The molecule has 0 atom stereocenters. The van der Waals surface area contributed by atoms with Crippen molar-refractivity contribution >= 4 is 17.6 Å². The van der Waals surface area contributed by atoms with Crippen LogP contribution in [0.1, 0.15) is 26.3 Å².